The van der Waals surface area contributed by atoms with E-state index in [9.17, 15) is 4.39 Å². The summed E-state index contributed by atoms with van der Waals surface area (Å²) in [5.74, 6) is -0.164. The monoisotopic (exact) mass is 400 g/mol. The van der Waals surface area contributed by atoms with Gasteiger partial charge in [0.05, 0.1) is 0 Å². The van der Waals surface area contributed by atoms with Crippen molar-refractivity contribution in [3.8, 4) is 0 Å². The van der Waals surface area contributed by atoms with E-state index >= 15 is 0 Å². The minimum atomic E-state index is -0.164. The van der Waals surface area contributed by atoms with E-state index < -0.39 is 0 Å². The van der Waals surface area contributed by atoms with Crippen LogP contribution < -0.4 is 5.32 Å². The molecule has 0 aromatic heterocycles. The topological polar surface area (TPSA) is 15.3 Å². The van der Waals surface area contributed by atoms with Crippen molar-refractivity contribution in [3.63, 3.8) is 0 Å². The molecule has 0 bridgehead atoms. The predicted molar refractivity (Wildman–Crippen MR) is 95.2 cm³/mol. The molecule has 21 heavy (non-hydrogen) atoms. The van der Waals surface area contributed by atoms with Crippen molar-refractivity contribution in [2.45, 2.75) is 26.8 Å². The predicted octanol–water partition coefficient (Wildman–Crippen LogP) is 4.42. The highest BCUT2D eigenvalue weighted by Gasteiger charge is 2.33. The van der Waals surface area contributed by atoms with Gasteiger partial charge in [-0.15, -0.1) is 24.8 Å². The minimum absolute atomic E-state index is 0. The summed E-state index contributed by atoms with van der Waals surface area (Å²) in [6.45, 7) is 10.7. The van der Waals surface area contributed by atoms with Gasteiger partial charge >= 0.3 is 0 Å². The van der Waals surface area contributed by atoms with Crippen LogP contribution in [0.3, 0.4) is 0 Å². The Morgan fingerprint density at radius 3 is 2.29 bits per heavy atom. The summed E-state index contributed by atoms with van der Waals surface area (Å²) in [6.07, 6.45) is 0. The van der Waals surface area contributed by atoms with Crippen LogP contribution in [0.1, 0.15) is 32.4 Å². The lowest BCUT2D eigenvalue weighted by atomic mass is 9.81. The van der Waals surface area contributed by atoms with Crippen LogP contribution in [0.15, 0.2) is 22.7 Å². The highest BCUT2D eigenvalue weighted by atomic mass is 79.9. The number of halogens is 4. The van der Waals surface area contributed by atoms with Crippen LogP contribution in [0.4, 0.5) is 4.39 Å². The second kappa shape index (κ2) is 8.68. The van der Waals surface area contributed by atoms with Crippen molar-refractivity contribution >= 4 is 40.7 Å². The van der Waals surface area contributed by atoms with Crippen LogP contribution in [0.5, 0.6) is 0 Å². The quantitative estimate of drug-likeness (QED) is 0.788. The van der Waals surface area contributed by atoms with Crippen LogP contribution in [-0.4, -0.2) is 31.1 Å². The standard InChI is InChI=1S/C15H22BrFN2.2ClH/c1-15(2,3)14(19-8-6-18-7-9-19)12-10-11(17)4-5-13(12)16;;/h4-5,10,14,18H,6-9H2,1-3H3;2*1H/t14-;;/m1../s1. The fraction of sp³-hybridized carbons (Fsp3) is 0.600. The molecule has 1 N–H and O–H groups in total. The maximum absolute atomic E-state index is 13.6. The van der Waals surface area contributed by atoms with Crippen molar-refractivity contribution in [1.29, 1.82) is 0 Å². The van der Waals surface area contributed by atoms with Gasteiger partial charge in [0, 0.05) is 36.7 Å². The Labute approximate surface area is 147 Å². The van der Waals surface area contributed by atoms with Crippen LogP contribution in [0, 0.1) is 11.2 Å². The summed E-state index contributed by atoms with van der Waals surface area (Å²) in [4.78, 5) is 2.45. The van der Waals surface area contributed by atoms with E-state index in [1.54, 1.807) is 6.07 Å². The summed E-state index contributed by atoms with van der Waals surface area (Å²) in [5.41, 5.74) is 1.11. The lowest BCUT2D eigenvalue weighted by Gasteiger charge is -2.43. The Hall–Kier alpha value is 0.130. The summed E-state index contributed by atoms with van der Waals surface area (Å²) < 4.78 is 14.6. The molecule has 1 saturated heterocycles. The average Bonchev–Trinajstić information content (AvgIpc) is 2.33. The Kier molecular flexibility index (Phi) is 8.74. The second-order valence-electron chi connectivity index (χ2n) is 6.22. The molecule has 1 aliphatic heterocycles. The lowest BCUT2D eigenvalue weighted by molar-refractivity contribution is 0.0855. The van der Waals surface area contributed by atoms with Crippen molar-refractivity contribution in [3.05, 3.63) is 34.1 Å². The van der Waals surface area contributed by atoms with Gasteiger partial charge in [0.15, 0.2) is 0 Å². The molecular weight excluding hydrogens is 378 g/mol. The molecule has 122 valence electrons. The van der Waals surface area contributed by atoms with Crippen molar-refractivity contribution in [2.75, 3.05) is 26.2 Å². The van der Waals surface area contributed by atoms with Gasteiger partial charge in [-0.2, -0.15) is 0 Å². The fourth-order valence-electron chi connectivity index (χ4n) is 2.88. The Balaban J connectivity index is 0.00000200. The number of benzene rings is 1. The first-order valence-electron chi connectivity index (χ1n) is 6.79. The maximum Gasteiger partial charge on any atom is 0.123 e. The van der Waals surface area contributed by atoms with Gasteiger partial charge in [0.2, 0.25) is 0 Å². The Bertz CT molecular complexity index is 446. The average molecular weight is 402 g/mol. The molecule has 0 spiro atoms. The zero-order valence-electron chi connectivity index (χ0n) is 12.7. The molecule has 6 heteroatoms. The summed E-state index contributed by atoms with van der Waals surface area (Å²) in [7, 11) is 0. The van der Waals surface area contributed by atoms with Gasteiger partial charge in [0.25, 0.3) is 0 Å². The van der Waals surface area contributed by atoms with Gasteiger partial charge in [-0.3, -0.25) is 4.90 Å². The maximum atomic E-state index is 13.6. The van der Waals surface area contributed by atoms with Gasteiger partial charge in [-0.05, 0) is 29.2 Å². The molecule has 0 aliphatic carbocycles. The number of nitrogens with zero attached hydrogens (tertiary/aromatic N) is 1. The number of hydrogen-bond donors (Lipinski definition) is 1. The van der Waals surface area contributed by atoms with Crippen LogP contribution in [0.25, 0.3) is 0 Å². The summed E-state index contributed by atoms with van der Waals surface area (Å²) in [5, 5.41) is 3.37. The van der Waals surface area contributed by atoms with Crippen molar-refractivity contribution in [1.82, 2.24) is 10.2 Å². The third-order valence-corrected chi connectivity index (χ3v) is 4.31. The molecule has 1 aromatic carbocycles. The third-order valence-electron chi connectivity index (χ3n) is 3.59. The van der Waals surface area contributed by atoms with E-state index in [-0.39, 0.29) is 42.1 Å². The largest absolute Gasteiger partial charge is 0.314 e. The first kappa shape index (κ1) is 21.1. The van der Waals surface area contributed by atoms with Crippen molar-refractivity contribution < 1.29 is 4.39 Å². The van der Waals surface area contributed by atoms with Gasteiger partial charge in [-0.25, -0.2) is 4.39 Å². The van der Waals surface area contributed by atoms with Crippen LogP contribution in [-0.2, 0) is 0 Å². The number of rotatable bonds is 2. The van der Waals surface area contributed by atoms with E-state index in [0.29, 0.717) is 0 Å². The van der Waals surface area contributed by atoms with Gasteiger partial charge < -0.3 is 5.32 Å². The van der Waals surface area contributed by atoms with E-state index in [1.165, 1.54) is 6.07 Å². The zero-order chi connectivity index (χ0) is 14.0. The molecular formula is C15H24BrCl2FN2. The van der Waals surface area contributed by atoms with E-state index in [0.717, 1.165) is 36.2 Å². The molecule has 1 heterocycles. The highest BCUT2D eigenvalue weighted by molar-refractivity contribution is 9.10. The minimum Gasteiger partial charge on any atom is -0.314 e. The smallest absolute Gasteiger partial charge is 0.123 e. The SMILES string of the molecule is CC(C)(C)[C@@H](c1cc(F)ccc1Br)N1CCNCC1.Cl.Cl. The lowest BCUT2D eigenvalue weighted by Crippen LogP contribution is -2.48. The normalized spacial score (nSPS) is 17.6. The molecule has 2 nitrogen and oxygen atoms in total. The first-order valence-corrected chi connectivity index (χ1v) is 7.58. The molecule has 1 fully saturated rings. The molecule has 1 atom stereocenters. The second-order valence-corrected chi connectivity index (χ2v) is 7.07. The van der Waals surface area contributed by atoms with E-state index in [2.05, 4.69) is 46.9 Å². The number of piperazine rings is 1. The van der Waals surface area contributed by atoms with Crippen LogP contribution >= 0.6 is 40.7 Å². The molecule has 1 aliphatic rings. The van der Waals surface area contributed by atoms with Crippen LogP contribution in [0.2, 0.25) is 0 Å². The highest BCUT2D eigenvalue weighted by Crippen LogP contribution is 2.41. The number of nitrogens with one attached hydrogen (secondary N) is 1. The molecule has 0 radical (unpaired) electrons. The molecule has 1 aromatic rings. The fourth-order valence-corrected chi connectivity index (χ4v) is 3.34. The molecule has 0 amide bonds. The number of hydrogen-bond acceptors (Lipinski definition) is 2. The van der Waals surface area contributed by atoms with Gasteiger partial charge in [0.1, 0.15) is 5.82 Å². The Morgan fingerprint density at radius 1 is 1.19 bits per heavy atom. The first-order chi connectivity index (χ1) is 8.89. The van der Waals surface area contributed by atoms with E-state index in [1.807, 2.05) is 6.07 Å². The van der Waals surface area contributed by atoms with Gasteiger partial charge in [-0.1, -0.05) is 36.7 Å². The molecule has 2 rings (SSSR count). The summed E-state index contributed by atoms with van der Waals surface area (Å²) in [6, 6.07) is 5.21. The Morgan fingerprint density at radius 2 is 1.76 bits per heavy atom. The van der Waals surface area contributed by atoms with E-state index in [4.69, 9.17) is 0 Å². The molecule has 0 unspecified atom stereocenters. The zero-order valence-corrected chi connectivity index (χ0v) is 15.9. The third kappa shape index (κ3) is 5.36. The van der Waals surface area contributed by atoms with Crippen molar-refractivity contribution in [2.24, 2.45) is 5.41 Å². The summed E-state index contributed by atoms with van der Waals surface area (Å²) >= 11 is 3.58. The molecule has 0 saturated carbocycles.